The lowest BCUT2D eigenvalue weighted by molar-refractivity contribution is 1.26. The Labute approximate surface area is 155 Å². The molecule has 0 aliphatic rings. The Morgan fingerprint density at radius 3 is 0.920 bits per heavy atom. The SMILES string of the molecule is Cc1ccc(C[S+](Cc2ccc(C)cc2)Cc2ccc(C)cc2)cc1. The second-order valence-electron chi connectivity index (χ2n) is 7.00. The minimum atomic E-state index is 0.303. The van der Waals surface area contributed by atoms with Crippen molar-refractivity contribution in [3.8, 4) is 0 Å². The van der Waals surface area contributed by atoms with E-state index in [0.717, 1.165) is 17.3 Å². The molecular weight excluding hydrogens is 320 g/mol. The standard InChI is InChI=1S/C24H27S/c1-19-4-10-22(11-5-19)16-25(17-23-12-6-20(2)7-13-23)18-24-14-8-21(3)9-15-24/h4-15H,16-18H2,1-3H3/q+1. The van der Waals surface area contributed by atoms with Crippen molar-refractivity contribution >= 4 is 10.9 Å². The number of hydrogen-bond acceptors (Lipinski definition) is 0. The highest BCUT2D eigenvalue weighted by Crippen LogP contribution is 2.21. The van der Waals surface area contributed by atoms with Crippen LogP contribution in [0.25, 0.3) is 0 Å². The summed E-state index contributed by atoms with van der Waals surface area (Å²) in [6, 6.07) is 27.1. The zero-order valence-corrected chi connectivity index (χ0v) is 16.3. The van der Waals surface area contributed by atoms with Crippen molar-refractivity contribution in [3.05, 3.63) is 106 Å². The van der Waals surface area contributed by atoms with Crippen molar-refractivity contribution in [3.63, 3.8) is 0 Å². The largest absolute Gasteiger partial charge is 0.133 e. The van der Waals surface area contributed by atoms with E-state index in [-0.39, 0.29) is 0 Å². The van der Waals surface area contributed by atoms with Crippen LogP contribution in [-0.2, 0) is 28.2 Å². The summed E-state index contributed by atoms with van der Waals surface area (Å²) in [6.45, 7) is 6.46. The van der Waals surface area contributed by atoms with E-state index in [4.69, 9.17) is 0 Å². The van der Waals surface area contributed by atoms with Crippen LogP contribution in [0.3, 0.4) is 0 Å². The molecule has 25 heavy (non-hydrogen) atoms. The van der Waals surface area contributed by atoms with Gasteiger partial charge < -0.3 is 0 Å². The maximum absolute atomic E-state index is 2.29. The second kappa shape index (κ2) is 8.40. The summed E-state index contributed by atoms with van der Waals surface area (Å²) in [5.74, 6) is 3.46. The summed E-state index contributed by atoms with van der Waals surface area (Å²) in [6.07, 6.45) is 0. The molecule has 1 heteroatoms. The van der Waals surface area contributed by atoms with Gasteiger partial charge in [0.2, 0.25) is 0 Å². The quantitative estimate of drug-likeness (QED) is 0.470. The Bertz CT molecular complexity index is 670. The molecule has 0 saturated heterocycles. The molecule has 0 spiro atoms. The summed E-state index contributed by atoms with van der Waals surface area (Å²) < 4.78 is 0. The summed E-state index contributed by atoms with van der Waals surface area (Å²) in [4.78, 5) is 0. The van der Waals surface area contributed by atoms with Crippen LogP contribution in [0, 0.1) is 20.8 Å². The molecule has 0 N–H and O–H groups in total. The Kier molecular flexibility index (Phi) is 5.99. The van der Waals surface area contributed by atoms with Crippen LogP contribution in [0.1, 0.15) is 33.4 Å². The van der Waals surface area contributed by atoms with Crippen molar-refractivity contribution < 1.29 is 0 Å². The fourth-order valence-corrected chi connectivity index (χ4v) is 5.21. The van der Waals surface area contributed by atoms with Gasteiger partial charge in [0, 0.05) is 27.6 Å². The highest BCUT2D eigenvalue weighted by atomic mass is 32.2. The van der Waals surface area contributed by atoms with E-state index in [2.05, 4.69) is 93.6 Å². The molecule has 0 aliphatic heterocycles. The topological polar surface area (TPSA) is 0 Å². The van der Waals surface area contributed by atoms with Gasteiger partial charge >= 0.3 is 0 Å². The lowest BCUT2D eigenvalue weighted by Gasteiger charge is -2.11. The lowest BCUT2D eigenvalue weighted by Crippen LogP contribution is -2.12. The molecule has 3 rings (SSSR count). The van der Waals surface area contributed by atoms with Crippen LogP contribution in [0.4, 0.5) is 0 Å². The fourth-order valence-electron chi connectivity index (χ4n) is 2.91. The number of rotatable bonds is 6. The fraction of sp³-hybridized carbons (Fsp3) is 0.250. The van der Waals surface area contributed by atoms with Crippen LogP contribution in [0.5, 0.6) is 0 Å². The maximum atomic E-state index is 2.29. The van der Waals surface area contributed by atoms with Gasteiger partial charge in [-0.1, -0.05) is 89.5 Å². The van der Waals surface area contributed by atoms with Crippen LogP contribution < -0.4 is 0 Å². The van der Waals surface area contributed by atoms with Gasteiger partial charge in [0.1, 0.15) is 17.3 Å². The van der Waals surface area contributed by atoms with E-state index >= 15 is 0 Å². The molecule has 0 saturated carbocycles. The van der Waals surface area contributed by atoms with E-state index in [9.17, 15) is 0 Å². The van der Waals surface area contributed by atoms with E-state index in [1.807, 2.05) is 0 Å². The summed E-state index contributed by atoms with van der Waals surface area (Å²) in [5.41, 5.74) is 8.36. The van der Waals surface area contributed by atoms with Gasteiger partial charge in [-0.2, -0.15) is 0 Å². The van der Waals surface area contributed by atoms with Crippen LogP contribution >= 0.6 is 0 Å². The van der Waals surface area contributed by atoms with Gasteiger partial charge in [0.15, 0.2) is 0 Å². The van der Waals surface area contributed by atoms with Crippen molar-refractivity contribution in [2.24, 2.45) is 0 Å². The Balaban J connectivity index is 1.77. The molecule has 0 heterocycles. The van der Waals surface area contributed by atoms with Gasteiger partial charge in [-0.15, -0.1) is 0 Å². The second-order valence-corrected chi connectivity index (χ2v) is 9.09. The molecule has 0 atom stereocenters. The van der Waals surface area contributed by atoms with Crippen molar-refractivity contribution in [2.45, 2.75) is 38.0 Å². The third kappa shape index (κ3) is 5.51. The highest BCUT2D eigenvalue weighted by molar-refractivity contribution is 7.94. The summed E-state index contributed by atoms with van der Waals surface area (Å²) in [5, 5.41) is 0. The molecular formula is C24H27S+. The predicted molar refractivity (Wildman–Crippen MR) is 112 cm³/mol. The van der Waals surface area contributed by atoms with Crippen molar-refractivity contribution in [1.82, 2.24) is 0 Å². The maximum Gasteiger partial charge on any atom is 0.133 e. The Morgan fingerprint density at radius 2 is 0.680 bits per heavy atom. The van der Waals surface area contributed by atoms with Crippen molar-refractivity contribution in [2.75, 3.05) is 0 Å². The first kappa shape index (κ1) is 17.8. The van der Waals surface area contributed by atoms with E-state index < -0.39 is 0 Å². The third-order valence-corrected chi connectivity index (χ3v) is 6.70. The van der Waals surface area contributed by atoms with Gasteiger partial charge in [0.25, 0.3) is 0 Å². The van der Waals surface area contributed by atoms with E-state index in [1.165, 1.54) is 33.4 Å². The summed E-state index contributed by atoms with van der Waals surface area (Å²) >= 11 is 0. The minimum Gasteiger partial charge on any atom is -0.0589 e. The summed E-state index contributed by atoms with van der Waals surface area (Å²) in [7, 11) is 0.303. The van der Waals surface area contributed by atoms with Gasteiger partial charge in [-0.05, 0) is 20.8 Å². The molecule has 0 amide bonds. The molecule has 0 bridgehead atoms. The monoisotopic (exact) mass is 347 g/mol. The first-order chi connectivity index (χ1) is 12.1. The predicted octanol–water partition coefficient (Wildman–Crippen LogP) is 6.13. The number of hydrogen-bond donors (Lipinski definition) is 0. The zero-order valence-electron chi connectivity index (χ0n) is 15.5. The molecule has 0 nitrogen and oxygen atoms in total. The Hall–Kier alpha value is -1.99. The average molecular weight is 348 g/mol. The van der Waals surface area contributed by atoms with Crippen molar-refractivity contribution in [1.29, 1.82) is 0 Å². The minimum absolute atomic E-state index is 0.303. The smallest absolute Gasteiger partial charge is 0.0589 e. The molecule has 0 radical (unpaired) electrons. The van der Waals surface area contributed by atoms with E-state index in [1.54, 1.807) is 0 Å². The first-order valence-electron chi connectivity index (χ1n) is 8.89. The van der Waals surface area contributed by atoms with Crippen LogP contribution in [-0.4, -0.2) is 0 Å². The average Bonchev–Trinajstić information content (AvgIpc) is 2.61. The normalized spacial score (nSPS) is 11.0. The molecule has 3 aromatic rings. The van der Waals surface area contributed by atoms with Gasteiger partial charge in [-0.3, -0.25) is 0 Å². The van der Waals surface area contributed by atoms with Gasteiger partial charge in [0.05, 0.1) is 0 Å². The molecule has 128 valence electrons. The number of benzene rings is 3. The molecule has 3 aromatic carbocycles. The Morgan fingerprint density at radius 1 is 0.440 bits per heavy atom. The molecule has 0 unspecified atom stereocenters. The van der Waals surface area contributed by atoms with Crippen LogP contribution in [0.2, 0.25) is 0 Å². The molecule has 0 aliphatic carbocycles. The first-order valence-corrected chi connectivity index (χ1v) is 10.6. The lowest BCUT2D eigenvalue weighted by atomic mass is 10.2. The van der Waals surface area contributed by atoms with Crippen LogP contribution in [0.15, 0.2) is 72.8 Å². The molecule has 0 fully saturated rings. The number of aryl methyl sites for hydroxylation is 3. The van der Waals surface area contributed by atoms with E-state index in [0.29, 0.717) is 10.9 Å². The van der Waals surface area contributed by atoms with Gasteiger partial charge in [-0.25, -0.2) is 0 Å². The zero-order chi connectivity index (χ0) is 17.6. The third-order valence-electron chi connectivity index (χ3n) is 4.47. The highest BCUT2D eigenvalue weighted by Gasteiger charge is 2.20. The molecule has 0 aromatic heterocycles.